The molecule has 0 saturated carbocycles. The molecule has 2 atom stereocenters. The van der Waals surface area contributed by atoms with Crippen LogP contribution in [-0.4, -0.2) is 27.5 Å². The lowest BCUT2D eigenvalue weighted by Crippen LogP contribution is -2.45. The number of piperidine rings is 1. The summed E-state index contributed by atoms with van der Waals surface area (Å²) in [7, 11) is 0. The van der Waals surface area contributed by atoms with Crippen molar-refractivity contribution in [2.45, 2.75) is 44.9 Å². The zero-order valence-electron chi connectivity index (χ0n) is 17.2. The fraction of sp³-hybridized carbons (Fsp3) is 0.304. The first-order chi connectivity index (χ1) is 14.8. The first-order valence-electron chi connectivity index (χ1n) is 10.1. The number of nitrogens with one attached hydrogen (secondary N) is 2. The molecule has 0 bridgehead atoms. The number of amides is 2. The first-order valence-corrected chi connectivity index (χ1v) is 10.1. The molecule has 2 amide bonds. The Morgan fingerprint density at radius 3 is 2.90 bits per heavy atom. The van der Waals surface area contributed by atoms with Gasteiger partial charge in [0, 0.05) is 25.1 Å². The number of hydrogen-bond donors (Lipinski definition) is 2. The number of hydrogen-bond acceptors (Lipinski definition) is 5. The van der Waals surface area contributed by atoms with Crippen molar-refractivity contribution in [2.24, 2.45) is 0 Å². The molecule has 1 aromatic carbocycles. The molecule has 1 aliphatic carbocycles. The summed E-state index contributed by atoms with van der Waals surface area (Å²) in [5, 5.41) is 5.85. The molecular weight excluding hydrogens is 399 g/mol. The molecular formula is C23H23FN4O3. The number of aryl methyl sites for hydroxylation is 1. The maximum absolute atomic E-state index is 13.6. The van der Waals surface area contributed by atoms with Gasteiger partial charge in [0.1, 0.15) is 18.0 Å². The van der Waals surface area contributed by atoms with Crippen LogP contribution in [0.5, 0.6) is 0 Å². The molecule has 1 aliphatic heterocycles. The van der Waals surface area contributed by atoms with E-state index in [0.717, 1.165) is 0 Å². The van der Waals surface area contributed by atoms with Gasteiger partial charge in [-0.15, -0.1) is 0 Å². The molecule has 2 aliphatic rings. The van der Waals surface area contributed by atoms with Crippen molar-refractivity contribution in [3.05, 3.63) is 76.0 Å². The van der Waals surface area contributed by atoms with Gasteiger partial charge < -0.3 is 5.32 Å². The molecule has 2 aromatic rings. The number of rotatable bonds is 5. The lowest BCUT2D eigenvalue weighted by atomic mass is 10.0. The van der Waals surface area contributed by atoms with E-state index in [1.807, 2.05) is 12.1 Å². The van der Waals surface area contributed by atoms with E-state index in [9.17, 15) is 18.8 Å². The maximum atomic E-state index is 13.6. The van der Waals surface area contributed by atoms with E-state index in [2.05, 4.69) is 22.2 Å². The van der Waals surface area contributed by atoms with E-state index >= 15 is 0 Å². The summed E-state index contributed by atoms with van der Waals surface area (Å²) < 4.78 is 15.0. The second kappa shape index (κ2) is 8.29. The monoisotopic (exact) mass is 422 g/mol. The number of carbonyl (C=O) groups excluding carboxylic acids is 2. The minimum atomic E-state index is -1.04. The smallest absolute Gasteiger partial charge is 0.262 e. The summed E-state index contributed by atoms with van der Waals surface area (Å²) in [4.78, 5) is 41.8. The second-order valence-electron chi connectivity index (χ2n) is 7.72. The van der Waals surface area contributed by atoms with E-state index in [4.69, 9.17) is 0 Å². The molecule has 31 heavy (non-hydrogen) atoms. The van der Waals surface area contributed by atoms with Gasteiger partial charge in [-0.05, 0) is 36.6 Å². The van der Waals surface area contributed by atoms with Crippen LogP contribution >= 0.6 is 0 Å². The molecule has 0 spiro atoms. The molecule has 2 unspecified atom stereocenters. The van der Waals surface area contributed by atoms with Crippen molar-refractivity contribution < 1.29 is 14.0 Å². The Kier molecular flexibility index (Phi) is 5.54. The van der Waals surface area contributed by atoms with Crippen molar-refractivity contribution in [1.29, 1.82) is 0 Å². The van der Waals surface area contributed by atoms with Crippen molar-refractivity contribution in [2.75, 3.05) is 0 Å². The number of alkyl halides is 1. The normalized spacial score (nSPS) is 21.0. The number of benzene rings is 1. The largest absolute Gasteiger partial charge is 0.381 e. The lowest BCUT2D eigenvalue weighted by molar-refractivity contribution is -0.135. The predicted octanol–water partition coefficient (Wildman–Crippen LogP) is 2.51. The van der Waals surface area contributed by atoms with Gasteiger partial charge in [-0.25, -0.2) is 9.37 Å². The summed E-state index contributed by atoms with van der Waals surface area (Å²) in [6.45, 7) is 5.93. The highest BCUT2D eigenvalue weighted by atomic mass is 19.1. The second-order valence-corrected chi connectivity index (χ2v) is 7.72. The van der Waals surface area contributed by atoms with Crippen LogP contribution in [0.15, 0.2) is 59.1 Å². The number of allylic oxidation sites excluding steroid dienone is 3. The highest BCUT2D eigenvalue weighted by molar-refractivity contribution is 5.99. The van der Waals surface area contributed by atoms with Gasteiger partial charge in [0.15, 0.2) is 0 Å². The van der Waals surface area contributed by atoms with Gasteiger partial charge in [-0.2, -0.15) is 0 Å². The fourth-order valence-corrected chi connectivity index (χ4v) is 4.01. The number of imide groups is 1. The van der Waals surface area contributed by atoms with E-state index in [1.165, 1.54) is 10.6 Å². The molecule has 160 valence electrons. The Morgan fingerprint density at radius 1 is 1.35 bits per heavy atom. The van der Waals surface area contributed by atoms with Crippen LogP contribution in [0.1, 0.15) is 36.7 Å². The Morgan fingerprint density at radius 2 is 2.16 bits per heavy atom. The summed E-state index contributed by atoms with van der Waals surface area (Å²) in [5.41, 5.74) is 2.11. The number of aromatic nitrogens is 2. The number of halogens is 1. The molecule has 2 heterocycles. The quantitative estimate of drug-likeness (QED) is 0.723. The maximum Gasteiger partial charge on any atom is 0.262 e. The van der Waals surface area contributed by atoms with E-state index < -0.39 is 18.1 Å². The van der Waals surface area contributed by atoms with Gasteiger partial charge in [0.2, 0.25) is 11.8 Å². The summed E-state index contributed by atoms with van der Waals surface area (Å²) in [6.07, 6.45) is 4.82. The number of nitrogens with zero attached hydrogens (tertiary/aromatic N) is 2. The Bertz CT molecular complexity index is 1210. The van der Waals surface area contributed by atoms with Gasteiger partial charge in [-0.3, -0.25) is 24.3 Å². The minimum absolute atomic E-state index is 0.168. The van der Waals surface area contributed by atoms with Crippen molar-refractivity contribution in [1.82, 2.24) is 20.2 Å². The van der Waals surface area contributed by atoms with Crippen LogP contribution in [0.3, 0.4) is 0 Å². The van der Waals surface area contributed by atoms with Gasteiger partial charge in [0.05, 0.1) is 10.9 Å². The highest BCUT2D eigenvalue weighted by Crippen LogP contribution is 2.22. The zero-order chi connectivity index (χ0) is 22.1. The Hall–Kier alpha value is -3.55. The van der Waals surface area contributed by atoms with E-state index in [0.29, 0.717) is 40.0 Å². The van der Waals surface area contributed by atoms with Crippen LogP contribution in [0, 0.1) is 6.92 Å². The van der Waals surface area contributed by atoms with Crippen LogP contribution in [0.2, 0.25) is 0 Å². The van der Waals surface area contributed by atoms with Crippen LogP contribution in [-0.2, 0) is 16.1 Å². The molecule has 1 fully saturated rings. The number of carbonyl (C=O) groups is 2. The Balaban J connectivity index is 1.68. The molecule has 7 nitrogen and oxygen atoms in total. The van der Waals surface area contributed by atoms with E-state index in [1.54, 1.807) is 25.1 Å². The minimum Gasteiger partial charge on any atom is -0.381 e. The van der Waals surface area contributed by atoms with Crippen molar-refractivity contribution >= 4 is 22.7 Å². The van der Waals surface area contributed by atoms with Crippen LogP contribution in [0.4, 0.5) is 4.39 Å². The van der Waals surface area contributed by atoms with Gasteiger partial charge in [-0.1, -0.05) is 30.9 Å². The molecule has 0 radical (unpaired) electrons. The average molecular weight is 422 g/mol. The van der Waals surface area contributed by atoms with Crippen molar-refractivity contribution in [3.63, 3.8) is 0 Å². The standard InChI is InChI=1S/C23H23FN4O3/c1-13(15-5-3-7-17(24)11-15)25-12-16-6-4-8-18-21(16)23(31)28(14(2)26-18)19-9-10-20(29)27-22(19)30/h3-6,8,11,17,19,25H,1,7,9-10,12H2,2H3,(H,27,29,30). The van der Waals surface area contributed by atoms with E-state index in [-0.39, 0.29) is 30.9 Å². The molecule has 2 N–H and O–H groups in total. The predicted molar refractivity (Wildman–Crippen MR) is 115 cm³/mol. The average Bonchev–Trinajstić information content (AvgIpc) is 2.73. The Labute approximate surface area is 178 Å². The topological polar surface area (TPSA) is 93.1 Å². The van der Waals surface area contributed by atoms with Gasteiger partial charge >= 0.3 is 0 Å². The van der Waals surface area contributed by atoms with Crippen molar-refractivity contribution in [3.8, 4) is 0 Å². The summed E-state index contributed by atoms with van der Waals surface area (Å²) in [5.74, 6) is -0.429. The first kappa shape index (κ1) is 20.7. The molecule has 8 heteroatoms. The summed E-state index contributed by atoms with van der Waals surface area (Å²) in [6, 6.07) is 4.58. The van der Waals surface area contributed by atoms with Crippen LogP contribution in [0.25, 0.3) is 10.9 Å². The highest BCUT2D eigenvalue weighted by Gasteiger charge is 2.30. The third-order valence-corrected chi connectivity index (χ3v) is 5.57. The fourth-order valence-electron chi connectivity index (χ4n) is 4.01. The molecule has 1 aromatic heterocycles. The van der Waals surface area contributed by atoms with Crippen LogP contribution < -0.4 is 16.2 Å². The number of fused-ring (bicyclic) bond motifs is 1. The summed E-state index contributed by atoms with van der Waals surface area (Å²) >= 11 is 0. The SMILES string of the molecule is C=C(NCc1cccc2nc(C)n(C3CCC(=O)NC3=O)c(=O)c12)C1=CC(F)CC=C1. The molecule has 1 saturated heterocycles. The molecule has 4 rings (SSSR count). The van der Waals surface area contributed by atoms with Gasteiger partial charge in [0.25, 0.3) is 5.56 Å². The lowest BCUT2D eigenvalue weighted by Gasteiger charge is -2.24. The third kappa shape index (κ3) is 4.05. The zero-order valence-corrected chi connectivity index (χ0v) is 17.2. The third-order valence-electron chi connectivity index (χ3n) is 5.57.